The van der Waals surface area contributed by atoms with Gasteiger partial charge < -0.3 is 10.6 Å². The van der Waals surface area contributed by atoms with E-state index in [2.05, 4.69) is 10.6 Å². The summed E-state index contributed by atoms with van der Waals surface area (Å²) in [6.07, 6.45) is 2.01. The highest BCUT2D eigenvalue weighted by Gasteiger charge is 2.17. The zero-order valence-electron chi connectivity index (χ0n) is 19.9. The second-order valence-electron chi connectivity index (χ2n) is 8.69. The number of aryl methyl sites for hydroxylation is 1. The van der Waals surface area contributed by atoms with Crippen molar-refractivity contribution in [3.8, 4) is 16.9 Å². The van der Waals surface area contributed by atoms with Gasteiger partial charge in [0.15, 0.2) is 0 Å². The molecular weight excluding hydrogens is 460 g/mol. The van der Waals surface area contributed by atoms with Gasteiger partial charge in [0.05, 0.1) is 17.8 Å². The second-order valence-corrected chi connectivity index (χ2v) is 9.12. The van der Waals surface area contributed by atoms with E-state index >= 15 is 0 Å². The van der Waals surface area contributed by atoms with E-state index in [1.54, 1.807) is 10.7 Å². The molecule has 4 aromatic rings. The molecule has 0 saturated carbocycles. The number of aromatic nitrogens is 2. The molecule has 0 atom stereocenters. The first kappa shape index (κ1) is 24.2. The van der Waals surface area contributed by atoms with Gasteiger partial charge in [-0.05, 0) is 48.9 Å². The Balaban J connectivity index is 1.60. The molecule has 1 heterocycles. The van der Waals surface area contributed by atoms with E-state index in [0.29, 0.717) is 16.4 Å². The van der Waals surface area contributed by atoms with Gasteiger partial charge in [0.1, 0.15) is 0 Å². The number of halogens is 1. The molecule has 0 bridgehead atoms. The summed E-state index contributed by atoms with van der Waals surface area (Å²) < 4.78 is 1.78. The smallest absolute Gasteiger partial charge is 0.228 e. The van der Waals surface area contributed by atoms with Gasteiger partial charge in [-0.25, -0.2) is 4.68 Å². The Kier molecular flexibility index (Phi) is 7.32. The molecule has 0 radical (unpaired) electrons. The predicted octanol–water partition coefficient (Wildman–Crippen LogP) is 6.28. The van der Waals surface area contributed by atoms with E-state index in [1.165, 1.54) is 0 Å². The number of carbonyl (C=O) groups is 2. The van der Waals surface area contributed by atoms with E-state index in [0.717, 1.165) is 28.1 Å². The number of anilines is 2. The Morgan fingerprint density at radius 3 is 2.37 bits per heavy atom. The number of hydrogen-bond donors (Lipinski definition) is 2. The molecule has 0 aliphatic carbocycles. The van der Waals surface area contributed by atoms with Crippen LogP contribution in [0.25, 0.3) is 16.9 Å². The minimum absolute atomic E-state index is 0.0768. The highest BCUT2D eigenvalue weighted by atomic mass is 35.5. The molecule has 2 N–H and O–H groups in total. The molecule has 178 valence electrons. The summed E-state index contributed by atoms with van der Waals surface area (Å²) in [5.41, 5.74) is 5.48. The highest BCUT2D eigenvalue weighted by Crippen LogP contribution is 2.27. The minimum Gasteiger partial charge on any atom is -0.326 e. The highest BCUT2D eigenvalue weighted by molar-refractivity contribution is 6.30. The molecule has 0 saturated heterocycles. The van der Waals surface area contributed by atoms with Crippen molar-refractivity contribution in [3.05, 3.63) is 95.1 Å². The first-order chi connectivity index (χ1) is 16.8. The molecule has 4 rings (SSSR count). The van der Waals surface area contributed by atoms with Crippen LogP contribution >= 0.6 is 11.6 Å². The summed E-state index contributed by atoms with van der Waals surface area (Å²) in [6.45, 7) is 5.58. The van der Waals surface area contributed by atoms with Crippen LogP contribution in [-0.2, 0) is 16.0 Å². The lowest BCUT2D eigenvalue weighted by atomic mass is 10.1. The predicted molar refractivity (Wildman–Crippen MR) is 141 cm³/mol. The Hall–Kier alpha value is -3.90. The summed E-state index contributed by atoms with van der Waals surface area (Å²) in [5, 5.41) is 11.3. The zero-order chi connectivity index (χ0) is 24.9. The van der Waals surface area contributed by atoms with Gasteiger partial charge >= 0.3 is 0 Å². The van der Waals surface area contributed by atoms with Gasteiger partial charge in [-0.15, -0.1) is 0 Å². The van der Waals surface area contributed by atoms with Crippen molar-refractivity contribution in [1.82, 2.24) is 9.78 Å². The van der Waals surface area contributed by atoms with Gasteiger partial charge in [0, 0.05) is 39.6 Å². The van der Waals surface area contributed by atoms with Crippen LogP contribution in [0.2, 0.25) is 5.02 Å². The molecule has 0 unspecified atom stereocenters. The maximum Gasteiger partial charge on any atom is 0.228 e. The summed E-state index contributed by atoms with van der Waals surface area (Å²) in [5.74, 6) is -0.392. The first-order valence-corrected chi connectivity index (χ1v) is 11.8. The lowest BCUT2D eigenvalue weighted by Crippen LogP contribution is -2.19. The number of nitrogens with one attached hydrogen (secondary N) is 2. The van der Waals surface area contributed by atoms with E-state index < -0.39 is 0 Å². The van der Waals surface area contributed by atoms with E-state index in [-0.39, 0.29) is 24.2 Å². The maximum atomic E-state index is 13.1. The van der Waals surface area contributed by atoms with E-state index in [4.69, 9.17) is 16.7 Å². The van der Waals surface area contributed by atoms with Gasteiger partial charge in [0.2, 0.25) is 11.8 Å². The number of hydrogen-bond acceptors (Lipinski definition) is 3. The van der Waals surface area contributed by atoms with Crippen LogP contribution in [0.5, 0.6) is 0 Å². The van der Waals surface area contributed by atoms with Crippen LogP contribution in [0.15, 0.2) is 79.0 Å². The Morgan fingerprint density at radius 1 is 0.971 bits per heavy atom. The molecule has 0 fully saturated rings. The molecule has 0 aliphatic rings. The van der Waals surface area contributed by atoms with Gasteiger partial charge in [0.25, 0.3) is 0 Å². The van der Waals surface area contributed by atoms with Gasteiger partial charge in [-0.1, -0.05) is 61.8 Å². The Labute approximate surface area is 209 Å². The molecule has 35 heavy (non-hydrogen) atoms. The topological polar surface area (TPSA) is 76.0 Å². The second kappa shape index (κ2) is 10.6. The Morgan fingerprint density at radius 2 is 1.69 bits per heavy atom. The van der Waals surface area contributed by atoms with Crippen molar-refractivity contribution in [1.29, 1.82) is 0 Å². The third kappa shape index (κ3) is 5.97. The van der Waals surface area contributed by atoms with Crippen LogP contribution < -0.4 is 10.6 Å². The maximum absolute atomic E-state index is 13.1. The van der Waals surface area contributed by atoms with E-state index in [1.807, 2.05) is 93.7 Å². The van der Waals surface area contributed by atoms with Crippen molar-refractivity contribution in [2.24, 2.45) is 5.92 Å². The van der Waals surface area contributed by atoms with Crippen molar-refractivity contribution in [2.75, 3.05) is 10.6 Å². The van der Waals surface area contributed by atoms with Crippen LogP contribution in [0.1, 0.15) is 25.0 Å². The summed E-state index contributed by atoms with van der Waals surface area (Å²) >= 11 is 6.07. The summed E-state index contributed by atoms with van der Waals surface area (Å²) in [4.78, 5) is 25.2. The van der Waals surface area contributed by atoms with Gasteiger partial charge in [-0.2, -0.15) is 5.10 Å². The van der Waals surface area contributed by atoms with Crippen molar-refractivity contribution < 1.29 is 9.59 Å². The summed E-state index contributed by atoms with van der Waals surface area (Å²) in [6, 6.07) is 22.6. The number of rotatable bonds is 7. The molecule has 1 aromatic heterocycles. The van der Waals surface area contributed by atoms with Gasteiger partial charge in [-0.3, -0.25) is 9.59 Å². The van der Waals surface area contributed by atoms with Crippen molar-refractivity contribution in [3.63, 3.8) is 0 Å². The fraction of sp³-hybridized carbons (Fsp3) is 0.179. The molecular formula is C28H27ClN4O2. The number of benzene rings is 3. The third-order valence-electron chi connectivity index (χ3n) is 5.58. The standard InChI is InChI=1S/C28H27ClN4O2/c1-18(2)28(35)30-23-14-9-19(3)25(16-23)31-26(34)15-21-17-33(24-7-5-4-6-8-24)32-27(21)20-10-12-22(29)13-11-20/h4-14,16-18H,15H2,1-3H3,(H,30,35)(H,31,34). The van der Waals surface area contributed by atoms with Crippen molar-refractivity contribution >= 4 is 34.8 Å². The molecule has 3 aromatic carbocycles. The average molecular weight is 487 g/mol. The van der Waals surface area contributed by atoms with Crippen molar-refractivity contribution in [2.45, 2.75) is 27.2 Å². The van der Waals surface area contributed by atoms with Crippen LogP contribution in [-0.4, -0.2) is 21.6 Å². The largest absolute Gasteiger partial charge is 0.326 e. The monoisotopic (exact) mass is 486 g/mol. The number of para-hydroxylation sites is 1. The molecule has 0 aliphatic heterocycles. The molecule has 6 nitrogen and oxygen atoms in total. The number of carbonyl (C=O) groups excluding carboxylic acids is 2. The molecule has 7 heteroatoms. The third-order valence-corrected chi connectivity index (χ3v) is 5.83. The minimum atomic E-state index is -0.178. The lowest BCUT2D eigenvalue weighted by Gasteiger charge is -2.13. The fourth-order valence-electron chi connectivity index (χ4n) is 3.59. The van der Waals surface area contributed by atoms with Crippen LogP contribution in [0, 0.1) is 12.8 Å². The zero-order valence-corrected chi connectivity index (χ0v) is 20.6. The summed E-state index contributed by atoms with van der Waals surface area (Å²) in [7, 11) is 0. The Bertz CT molecular complexity index is 1350. The van der Waals surface area contributed by atoms with Crippen LogP contribution in [0.3, 0.4) is 0 Å². The van der Waals surface area contributed by atoms with E-state index in [9.17, 15) is 9.59 Å². The normalized spacial score (nSPS) is 10.9. The molecule has 2 amide bonds. The lowest BCUT2D eigenvalue weighted by molar-refractivity contribution is -0.119. The molecule has 0 spiro atoms. The number of nitrogens with zero attached hydrogens (tertiary/aromatic N) is 2. The fourth-order valence-corrected chi connectivity index (χ4v) is 3.72. The quantitative estimate of drug-likeness (QED) is 0.323. The SMILES string of the molecule is Cc1ccc(NC(=O)C(C)C)cc1NC(=O)Cc1cn(-c2ccccc2)nc1-c1ccc(Cl)cc1. The first-order valence-electron chi connectivity index (χ1n) is 11.4. The average Bonchev–Trinajstić information content (AvgIpc) is 3.25. The number of amides is 2. The van der Waals surface area contributed by atoms with Crippen LogP contribution in [0.4, 0.5) is 11.4 Å².